The Hall–Kier alpha value is -5.56. The molecule has 0 aliphatic carbocycles. The second-order valence-electron chi connectivity index (χ2n) is 20.2. The minimum atomic E-state index is -3.84. The first kappa shape index (κ1) is 59.3. The lowest BCUT2D eigenvalue weighted by Gasteiger charge is -2.37. The fourth-order valence-corrected chi connectivity index (χ4v) is 9.71. The van der Waals surface area contributed by atoms with Gasteiger partial charge in [-0.25, -0.2) is 18.2 Å². The molecule has 0 saturated carbocycles. The van der Waals surface area contributed by atoms with E-state index in [1.54, 1.807) is 82.8 Å². The van der Waals surface area contributed by atoms with Gasteiger partial charge in [0.15, 0.2) is 9.84 Å². The molecule has 2 aromatic heterocycles. The van der Waals surface area contributed by atoms with E-state index in [-0.39, 0.29) is 113 Å². The van der Waals surface area contributed by atoms with Crippen LogP contribution in [0.4, 0.5) is 16.2 Å². The van der Waals surface area contributed by atoms with Crippen molar-refractivity contribution in [2.75, 3.05) is 84.9 Å². The number of nitrogens with zero attached hydrogens (tertiary/aromatic N) is 4. The van der Waals surface area contributed by atoms with E-state index in [4.69, 9.17) is 23.7 Å². The number of carbonyl (C=O) groups excluding carboxylic acids is 4. The number of likely N-dealkylation sites (tertiary alicyclic amines) is 1. The van der Waals surface area contributed by atoms with E-state index in [0.717, 1.165) is 20.8 Å². The SMILES string of the molecule is CC(C)[C@@H](C)NC(=O)[C@@H]1C[C@H](NC(=O)COCCOCCOCCOCCOc2cc3nccc(Nc4ccc5scnc5c4)c3cc2S(=O)(=O)C(C)(C)C)CN1C(=O)C(C)(C)[C@H](C)NC[C@@H](C=O)N(C)C(=O)O. The Kier molecular flexibility index (Phi) is 21.5. The Morgan fingerprint density at radius 1 is 0.892 bits per heavy atom. The molecule has 1 aliphatic heterocycles. The lowest BCUT2D eigenvalue weighted by Crippen LogP contribution is -2.57. The van der Waals surface area contributed by atoms with Crippen LogP contribution in [0.5, 0.6) is 5.75 Å². The number of anilines is 2. The van der Waals surface area contributed by atoms with E-state index in [1.165, 1.54) is 11.9 Å². The minimum Gasteiger partial charge on any atom is -0.490 e. The Bertz CT molecular complexity index is 2660. The van der Waals surface area contributed by atoms with Crippen LogP contribution in [0.3, 0.4) is 0 Å². The van der Waals surface area contributed by atoms with E-state index in [9.17, 15) is 37.5 Å². The van der Waals surface area contributed by atoms with Crippen LogP contribution < -0.4 is 26.0 Å². The van der Waals surface area contributed by atoms with Gasteiger partial charge in [0.1, 0.15) is 42.2 Å². The lowest BCUT2D eigenvalue weighted by molar-refractivity contribution is -0.147. The third-order valence-corrected chi connectivity index (χ3v) is 16.5. The normalized spacial score (nSPS) is 16.5. The number of aromatic nitrogens is 2. The molecule has 1 fully saturated rings. The number of carboxylic acid groups (broad SMARTS) is 1. The van der Waals surface area contributed by atoms with Gasteiger partial charge in [0, 0.05) is 67.3 Å². The Morgan fingerprint density at radius 3 is 2.16 bits per heavy atom. The zero-order valence-corrected chi connectivity index (χ0v) is 45.7. The van der Waals surface area contributed by atoms with Gasteiger partial charge in [-0.15, -0.1) is 11.3 Å². The largest absolute Gasteiger partial charge is 0.490 e. The number of hydrogen-bond donors (Lipinski definition) is 5. The maximum atomic E-state index is 14.2. The molecule has 0 spiro atoms. The van der Waals surface area contributed by atoms with E-state index in [0.29, 0.717) is 22.9 Å². The standard InChI is InChI=1S/C51H74N8O13S2/c1-32(2)33(3)55-47(62)42-24-36(28-59(42)48(63)51(8,9)34(4)53-27-37(29-60)58(10)49(64)65)57-46(61)30-71-20-19-69-16-15-68-17-18-70-21-22-72-43-26-40-38(25-45(43)74(66,67)50(5,6)7)39(13-14-52-40)56-35-11-12-44-41(23-35)54-31-73-44/h11-14,23,25-26,29,31-34,36-37,42,53H,15-22,24,27-28,30H2,1-10H3,(H,52,56)(H,55,62)(H,57,61)(H,64,65)/t33-,34+,36+,37+,42+/m1/s1. The van der Waals surface area contributed by atoms with Crippen LogP contribution >= 0.6 is 11.3 Å². The topological polar surface area (TPSA) is 266 Å². The van der Waals surface area contributed by atoms with Crippen LogP contribution in [0.2, 0.25) is 0 Å². The van der Waals surface area contributed by atoms with Gasteiger partial charge in [0.2, 0.25) is 17.7 Å². The van der Waals surface area contributed by atoms with Crippen molar-refractivity contribution in [1.29, 1.82) is 0 Å². The second kappa shape index (κ2) is 26.8. The molecule has 0 radical (unpaired) electrons. The maximum absolute atomic E-state index is 14.2. The summed E-state index contributed by atoms with van der Waals surface area (Å²) in [6.45, 7) is 17.4. The molecule has 5 rings (SSSR count). The Labute approximate surface area is 437 Å². The summed E-state index contributed by atoms with van der Waals surface area (Å²) in [5.74, 6) is -0.775. The van der Waals surface area contributed by atoms with Gasteiger partial charge in [-0.2, -0.15) is 0 Å². The zero-order chi connectivity index (χ0) is 54.4. The molecular weight excluding hydrogens is 997 g/mol. The van der Waals surface area contributed by atoms with E-state index in [2.05, 4.69) is 31.2 Å². The van der Waals surface area contributed by atoms with E-state index >= 15 is 0 Å². The number of thiazole rings is 1. The Balaban J connectivity index is 1.00. The molecule has 1 saturated heterocycles. The third kappa shape index (κ3) is 15.7. The molecule has 23 heteroatoms. The van der Waals surface area contributed by atoms with Crippen molar-refractivity contribution in [3.63, 3.8) is 0 Å². The molecule has 5 atom stereocenters. The summed E-state index contributed by atoms with van der Waals surface area (Å²) in [4.78, 5) is 75.1. The second-order valence-corrected chi connectivity index (χ2v) is 23.7. The van der Waals surface area contributed by atoms with Crippen molar-refractivity contribution in [2.45, 2.75) is 109 Å². The summed E-state index contributed by atoms with van der Waals surface area (Å²) in [6, 6.07) is 7.86. The van der Waals surface area contributed by atoms with Crippen LogP contribution in [-0.2, 0) is 48.0 Å². The molecule has 0 unspecified atom stereocenters. The van der Waals surface area contributed by atoms with Crippen LogP contribution in [0.25, 0.3) is 21.1 Å². The number of benzene rings is 2. The molecule has 3 heterocycles. The minimum absolute atomic E-state index is 0.0219. The maximum Gasteiger partial charge on any atom is 0.407 e. The molecule has 4 aromatic rings. The highest BCUT2D eigenvalue weighted by molar-refractivity contribution is 7.92. The van der Waals surface area contributed by atoms with Crippen molar-refractivity contribution in [3.05, 3.63) is 48.1 Å². The number of rotatable bonds is 29. The third-order valence-electron chi connectivity index (χ3n) is 13.2. The smallest absolute Gasteiger partial charge is 0.407 e. The first-order chi connectivity index (χ1) is 35.0. The average molecular weight is 1070 g/mol. The predicted molar refractivity (Wildman–Crippen MR) is 282 cm³/mol. The molecule has 4 amide bonds. The zero-order valence-electron chi connectivity index (χ0n) is 44.1. The Morgan fingerprint density at radius 2 is 1.54 bits per heavy atom. The highest BCUT2D eigenvalue weighted by Crippen LogP contribution is 2.38. The molecule has 0 bridgehead atoms. The van der Waals surface area contributed by atoms with Crippen molar-refractivity contribution in [2.24, 2.45) is 11.3 Å². The first-order valence-corrected chi connectivity index (χ1v) is 27.1. The van der Waals surface area contributed by atoms with Crippen LogP contribution in [0, 0.1) is 11.3 Å². The van der Waals surface area contributed by atoms with Crippen LogP contribution in [0.15, 0.2) is 53.0 Å². The summed E-state index contributed by atoms with van der Waals surface area (Å²) in [5.41, 5.74) is 3.60. The van der Waals surface area contributed by atoms with E-state index < -0.39 is 56.2 Å². The molecule has 408 valence electrons. The average Bonchev–Trinajstić information content (AvgIpc) is 4.00. The van der Waals surface area contributed by atoms with E-state index in [1.807, 2.05) is 39.0 Å². The number of fused-ring (bicyclic) bond motifs is 2. The number of amides is 4. The van der Waals surface area contributed by atoms with Crippen LogP contribution in [0.1, 0.15) is 68.7 Å². The highest BCUT2D eigenvalue weighted by Gasteiger charge is 2.47. The summed E-state index contributed by atoms with van der Waals surface area (Å²) >= 11 is 1.55. The van der Waals surface area contributed by atoms with Gasteiger partial charge >= 0.3 is 6.09 Å². The van der Waals surface area contributed by atoms with Gasteiger partial charge in [0.25, 0.3) is 0 Å². The number of nitrogens with one attached hydrogen (secondary N) is 4. The number of ether oxygens (including phenoxy) is 5. The summed E-state index contributed by atoms with van der Waals surface area (Å²) in [6.07, 6.45) is 1.10. The molecule has 5 N–H and O–H groups in total. The quantitative estimate of drug-likeness (QED) is 0.0352. The summed E-state index contributed by atoms with van der Waals surface area (Å²) in [7, 11) is -2.55. The molecule has 1 aliphatic rings. The highest BCUT2D eigenvalue weighted by atomic mass is 32.2. The van der Waals surface area contributed by atoms with Gasteiger partial charge in [-0.05, 0) is 91.1 Å². The molecular formula is C51H74N8O13S2. The fraction of sp³-hybridized carbons (Fsp3) is 0.588. The summed E-state index contributed by atoms with van der Waals surface area (Å²) < 4.78 is 56.1. The van der Waals surface area contributed by atoms with Gasteiger partial charge in [-0.1, -0.05) is 13.8 Å². The van der Waals surface area contributed by atoms with Crippen molar-refractivity contribution < 1.29 is 61.2 Å². The monoisotopic (exact) mass is 1070 g/mol. The number of likely N-dealkylation sites (N-methyl/N-ethyl adjacent to an activating group) is 1. The van der Waals surface area contributed by atoms with Gasteiger partial charge in [-0.3, -0.25) is 19.4 Å². The van der Waals surface area contributed by atoms with Gasteiger partial charge in [0.05, 0.1) is 77.7 Å². The number of hydrogen-bond acceptors (Lipinski definition) is 17. The molecule has 2 aromatic carbocycles. The van der Waals surface area contributed by atoms with Crippen molar-refractivity contribution in [1.82, 2.24) is 35.7 Å². The van der Waals surface area contributed by atoms with Crippen molar-refractivity contribution in [3.8, 4) is 5.75 Å². The molecule has 74 heavy (non-hydrogen) atoms. The number of aldehydes is 1. The van der Waals surface area contributed by atoms with Crippen molar-refractivity contribution >= 4 is 83.8 Å². The number of carbonyl (C=O) groups is 5. The fourth-order valence-electron chi connectivity index (χ4n) is 7.74. The lowest BCUT2D eigenvalue weighted by atomic mass is 9.83. The predicted octanol–water partition coefficient (Wildman–Crippen LogP) is 5.03. The van der Waals surface area contributed by atoms with Gasteiger partial charge < -0.3 is 64.7 Å². The number of sulfone groups is 1. The number of pyridine rings is 1. The molecule has 21 nitrogen and oxygen atoms in total. The summed E-state index contributed by atoms with van der Waals surface area (Å²) in [5, 5.41) is 22.3. The first-order valence-electron chi connectivity index (χ1n) is 24.7. The van der Waals surface area contributed by atoms with Crippen LogP contribution in [-0.4, -0.2) is 178 Å².